The zero-order chi connectivity index (χ0) is 23.0. The van der Waals surface area contributed by atoms with Gasteiger partial charge >= 0.3 is 0 Å². The Bertz CT molecular complexity index is 1020. The summed E-state index contributed by atoms with van der Waals surface area (Å²) in [7, 11) is 15.9. The van der Waals surface area contributed by atoms with Crippen LogP contribution < -0.4 is 15.8 Å². The molecule has 0 fully saturated rings. The van der Waals surface area contributed by atoms with Crippen molar-refractivity contribution in [3.8, 4) is 5.88 Å². The molecule has 1 amide bonds. The van der Waals surface area contributed by atoms with E-state index in [1.807, 2.05) is 0 Å². The molecule has 3 atom stereocenters. The first kappa shape index (κ1) is 23.1. The van der Waals surface area contributed by atoms with Crippen LogP contribution in [0.25, 0.3) is 0 Å². The van der Waals surface area contributed by atoms with Crippen molar-refractivity contribution in [1.82, 2.24) is 9.97 Å². The van der Waals surface area contributed by atoms with Crippen LogP contribution in [-0.4, -0.2) is 61.3 Å². The predicted octanol–water partition coefficient (Wildman–Crippen LogP) is 1.37. The number of ether oxygens (including phenoxy) is 1. The molecule has 2 heterocycles. The second kappa shape index (κ2) is 8.53. The number of thioether (sulfide) groups is 1. The van der Waals surface area contributed by atoms with Crippen LogP contribution >= 0.6 is 11.8 Å². The van der Waals surface area contributed by atoms with Gasteiger partial charge in [-0.3, -0.25) is 4.79 Å². The number of nitrogens with two attached hydrogens (primary N) is 1. The van der Waals surface area contributed by atoms with E-state index in [9.17, 15) is 13.6 Å². The van der Waals surface area contributed by atoms with Gasteiger partial charge in [0.15, 0.2) is 5.17 Å². The van der Waals surface area contributed by atoms with Crippen LogP contribution in [0.4, 0.5) is 14.5 Å². The quantitative estimate of drug-likeness (QED) is 0.686. The summed E-state index contributed by atoms with van der Waals surface area (Å²) >= 11 is 1.08. The number of hydrogen-bond donors (Lipinski definition) is 2. The Hall–Kier alpha value is -2.56. The highest BCUT2D eigenvalue weighted by molar-refractivity contribution is 8.14. The fraction of sp³-hybridized carbons (Fsp3) is 0.333. The maximum Gasteiger partial charge on any atom is 0.275 e. The molecule has 13 heteroatoms. The minimum Gasteiger partial charge on any atom is -0.500 e. The zero-order valence-corrected chi connectivity index (χ0v) is 17.5. The fourth-order valence-electron chi connectivity index (χ4n) is 3.09. The maximum atomic E-state index is 15.0. The van der Waals surface area contributed by atoms with Crippen molar-refractivity contribution >= 4 is 52.1 Å². The number of nitrogens with one attached hydrogen (secondary N) is 1. The number of benzene rings is 1. The van der Waals surface area contributed by atoms with Crippen molar-refractivity contribution in [1.29, 1.82) is 0 Å². The number of amides is 1. The molecule has 154 valence electrons. The average Bonchev–Trinajstić information content (AvgIpc) is 2.66. The second-order valence-corrected chi connectivity index (χ2v) is 8.56. The van der Waals surface area contributed by atoms with E-state index in [-0.39, 0.29) is 28.0 Å². The maximum absolute atomic E-state index is 15.0. The number of carbonyl (C=O) groups is 1. The van der Waals surface area contributed by atoms with E-state index in [1.165, 1.54) is 19.1 Å². The van der Waals surface area contributed by atoms with Crippen LogP contribution in [0.2, 0.25) is 0 Å². The summed E-state index contributed by atoms with van der Waals surface area (Å²) in [6.07, 6.45) is 0.730. The molecule has 7 nitrogen and oxygen atoms in total. The molecule has 2 aromatic rings. The van der Waals surface area contributed by atoms with Gasteiger partial charge in [0.2, 0.25) is 5.88 Å². The Morgan fingerprint density at radius 3 is 2.65 bits per heavy atom. The van der Waals surface area contributed by atoms with Gasteiger partial charge in [-0.2, -0.15) is 0 Å². The smallest absolute Gasteiger partial charge is 0.275 e. The lowest BCUT2D eigenvalue weighted by molar-refractivity contribution is 0.102. The van der Waals surface area contributed by atoms with E-state index in [4.69, 9.17) is 34.0 Å². The van der Waals surface area contributed by atoms with Crippen LogP contribution in [0.15, 0.2) is 35.6 Å². The highest BCUT2D eigenvalue weighted by Gasteiger charge is 2.45. The number of rotatable bonds is 5. The van der Waals surface area contributed by atoms with Gasteiger partial charge in [0.05, 0.1) is 12.4 Å². The zero-order valence-electron chi connectivity index (χ0n) is 16.7. The summed E-state index contributed by atoms with van der Waals surface area (Å²) in [5.41, 5.74) is 4.36. The van der Waals surface area contributed by atoms with Gasteiger partial charge in [0.1, 0.15) is 46.8 Å². The number of nitrogens with zero attached hydrogens (tertiary/aromatic N) is 3. The third kappa shape index (κ3) is 5.20. The van der Waals surface area contributed by atoms with E-state index in [1.54, 1.807) is 6.92 Å². The molecule has 0 unspecified atom stereocenters. The number of aliphatic imine (C=N–C) groups is 1. The third-order valence-corrected chi connectivity index (χ3v) is 5.45. The largest absolute Gasteiger partial charge is 0.500 e. The molecule has 0 saturated heterocycles. The lowest BCUT2D eigenvalue weighted by atomic mass is 9.52. The van der Waals surface area contributed by atoms with Crippen molar-refractivity contribution in [2.75, 3.05) is 5.32 Å². The molecule has 3 N–H and O–H groups in total. The topological polar surface area (TPSA) is 102 Å². The number of halogens is 2. The van der Waals surface area contributed by atoms with Crippen molar-refractivity contribution in [2.24, 2.45) is 10.7 Å². The van der Waals surface area contributed by atoms with Gasteiger partial charge in [-0.15, -0.1) is 0 Å². The lowest BCUT2D eigenvalue weighted by Gasteiger charge is -2.37. The van der Waals surface area contributed by atoms with Crippen LogP contribution in [0, 0.1) is 5.82 Å². The number of aromatic nitrogens is 2. The Labute approximate surface area is 186 Å². The average molecular weight is 437 g/mol. The van der Waals surface area contributed by atoms with Gasteiger partial charge in [-0.25, -0.2) is 23.7 Å². The molecule has 0 bridgehead atoms. The molecule has 0 aliphatic carbocycles. The molecule has 1 aliphatic heterocycles. The molecule has 1 aromatic carbocycles. The van der Waals surface area contributed by atoms with Crippen LogP contribution in [0.3, 0.4) is 0 Å². The molecule has 0 saturated carbocycles. The summed E-state index contributed by atoms with van der Waals surface area (Å²) in [5, 5.41) is 0.243. The molecule has 31 heavy (non-hydrogen) atoms. The van der Waals surface area contributed by atoms with Crippen molar-refractivity contribution in [3.05, 3.63) is 47.7 Å². The number of carbonyl (C=O) groups excluding carboxylic acids is 1. The minimum atomic E-state index is -1.95. The molecule has 3 rings (SSSR count). The number of alkyl halides is 1. The highest BCUT2D eigenvalue weighted by atomic mass is 32.2. The van der Waals surface area contributed by atoms with E-state index < -0.39 is 34.0 Å². The first-order valence-corrected chi connectivity index (χ1v) is 9.92. The van der Waals surface area contributed by atoms with Gasteiger partial charge in [0, 0.05) is 16.5 Å². The number of anilines is 1. The Balaban J connectivity index is 1.84. The fourth-order valence-corrected chi connectivity index (χ4v) is 4.09. The standard InChI is InChI=1S/C18H16B3F2N5O2S/c1-8-14(23)17(2,28-16(24)31-8)10-5-9(3-4-11(10)22)27-15(29)12-6-26-13(7-25-12)30-18(19,20)21/h3-8,14H,1-2H3,(H2,24,28)(H,27,29)/t8-,14+,17-/m1/s1. The molecular formula is C18H16B3F2N5O2S. The van der Waals surface area contributed by atoms with E-state index in [2.05, 4.69) is 20.3 Å². The SMILES string of the molecule is [B]C([B])([B])Oc1cnc(C(=O)Nc2ccc(F)c([C@@]3(C)N=C(N)S[C@H](C)[C@@H]3F)c2)cn1. The summed E-state index contributed by atoms with van der Waals surface area (Å²) in [5.74, 6) is -1.41. The van der Waals surface area contributed by atoms with Crippen molar-refractivity contribution < 1.29 is 18.3 Å². The predicted molar refractivity (Wildman–Crippen MR) is 118 cm³/mol. The van der Waals surface area contributed by atoms with Crippen molar-refractivity contribution in [3.63, 3.8) is 0 Å². The van der Waals surface area contributed by atoms with Crippen LogP contribution in [0.5, 0.6) is 5.88 Å². The Morgan fingerprint density at radius 2 is 2.03 bits per heavy atom. The van der Waals surface area contributed by atoms with Crippen molar-refractivity contribution in [2.45, 2.75) is 36.1 Å². The number of amidine groups is 1. The Kier molecular flexibility index (Phi) is 6.36. The number of hydrogen-bond acceptors (Lipinski definition) is 7. The van der Waals surface area contributed by atoms with Crippen LogP contribution in [-0.2, 0) is 5.54 Å². The monoisotopic (exact) mass is 437 g/mol. The van der Waals surface area contributed by atoms with Gasteiger partial charge < -0.3 is 15.8 Å². The van der Waals surface area contributed by atoms with Gasteiger partial charge in [-0.1, -0.05) is 11.8 Å². The molecule has 1 aliphatic rings. The summed E-state index contributed by atoms with van der Waals surface area (Å²) in [6.45, 7) is 3.11. The summed E-state index contributed by atoms with van der Waals surface area (Å²) in [6, 6.07) is 3.76. The molecule has 1 aromatic heterocycles. The van der Waals surface area contributed by atoms with E-state index in [0.29, 0.717) is 0 Å². The second-order valence-electron chi connectivity index (χ2n) is 7.17. The summed E-state index contributed by atoms with van der Waals surface area (Å²) in [4.78, 5) is 24.4. The lowest BCUT2D eigenvalue weighted by Crippen LogP contribution is -2.44. The van der Waals surface area contributed by atoms with Gasteiger partial charge in [-0.05, 0) is 37.3 Å². The first-order chi connectivity index (χ1) is 14.4. The molecule has 0 spiro atoms. The van der Waals surface area contributed by atoms with Crippen LogP contribution in [0.1, 0.15) is 29.9 Å². The normalized spacial score (nSPS) is 23.7. The Morgan fingerprint density at radius 1 is 1.32 bits per heavy atom. The molecular weight excluding hydrogens is 421 g/mol. The minimum absolute atomic E-state index is 0.0343. The third-order valence-electron chi connectivity index (χ3n) is 4.51. The van der Waals surface area contributed by atoms with Gasteiger partial charge in [0.25, 0.3) is 5.91 Å². The molecule has 6 radical (unpaired) electrons. The highest BCUT2D eigenvalue weighted by Crippen LogP contribution is 2.42. The van der Waals surface area contributed by atoms with E-state index in [0.717, 1.165) is 30.2 Å². The van der Waals surface area contributed by atoms with E-state index >= 15 is 0 Å². The first-order valence-electron chi connectivity index (χ1n) is 9.04. The summed E-state index contributed by atoms with van der Waals surface area (Å²) < 4.78 is 34.5.